The molecule has 0 amide bonds. The molecule has 3 nitrogen and oxygen atoms in total. The van der Waals surface area contributed by atoms with Crippen LogP contribution in [0.15, 0.2) is 0 Å². The minimum absolute atomic E-state index is 0.440. The minimum atomic E-state index is -0.664. The number of ether oxygens (including phenoxy) is 1. The third-order valence-corrected chi connectivity index (χ3v) is 3.92. The second-order valence-electron chi connectivity index (χ2n) is 6.78. The molecule has 1 saturated carbocycles. The first kappa shape index (κ1) is 14.9. The predicted octanol–water partition coefficient (Wildman–Crippen LogP) is 2.19. The van der Waals surface area contributed by atoms with E-state index in [1.54, 1.807) is 7.11 Å². The Bertz CT molecular complexity index is 238. The second kappa shape index (κ2) is 5.68. The summed E-state index contributed by atoms with van der Waals surface area (Å²) in [5.74, 6) is 0.697. The molecule has 0 heterocycles. The van der Waals surface area contributed by atoms with Crippen molar-refractivity contribution >= 4 is 0 Å². The molecule has 3 atom stereocenters. The number of methoxy groups -OCH3 is 1. The highest BCUT2D eigenvalue weighted by Crippen LogP contribution is 2.40. The molecule has 0 aromatic carbocycles. The van der Waals surface area contributed by atoms with Crippen LogP contribution in [0.4, 0.5) is 0 Å². The Morgan fingerprint density at radius 2 is 2.06 bits per heavy atom. The molecule has 0 radical (unpaired) electrons. The number of nitrogens with one attached hydrogen (secondary N) is 1. The molecule has 0 saturated heterocycles. The van der Waals surface area contributed by atoms with E-state index in [9.17, 15) is 5.11 Å². The van der Waals surface area contributed by atoms with E-state index in [0.717, 1.165) is 0 Å². The molecule has 0 bridgehead atoms. The fourth-order valence-corrected chi connectivity index (χ4v) is 2.93. The Morgan fingerprint density at radius 1 is 1.41 bits per heavy atom. The van der Waals surface area contributed by atoms with Crippen LogP contribution in [0.25, 0.3) is 0 Å². The Balaban J connectivity index is 2.35. The Labute approximate surface area is 106 Å². The molecule has 102 valence electrons. The molecule has 1 aliphatic carbocycles. The van der Waals surface area contributed by atoms with E-state index < -0.39 is 5.60 Å². The second-order valence-corrected chi connectivity index (χ2v) is 6.78. The lowest BCUT2D eigenvalue weighted by atomic mass is 9.91. The molecule has 3 unspecified atom stereocenters. The van der Waals surface area contributed by atoms with Gasteiger partial charge in [0.2, 0.25) is 0 Å². The maximum absolute atomic E-state index is 10.2. The molecule has 2 N–H and O–H groups in total. The molecule has 1 rings (SSSR count). The van der Waals surface area contributed by atoms with Gasteiger partial charge in [0.1, 0.15) is 0 Å². The van der Waals surface area contributed by atoms with Gasteiger partial charge in [0, 0.05) is 32.7 Å². The highest BCUT2D eigenvalue weighted by Gasteiger charge is 2.37. The molecule has 1 fully saturated rings. The summed E-state index contributed by atoms with van der Waals surface area (Å²) in [4.78, 5) is 0. The summed E-state index contributed by atoms with van der Waals surface area (Å²) in [6.45, 7) is 10.1. The molecule has 1 aliphatic rings. The zero-order valence-electron chi connectivity index (χ0n) is 12.0. The topological polar surface area (TPSA) is 41.5 Å². The van der Waals surface area contributed by atoms with Crippen LogP contribution in [0.3, 0.4) is 0 Å². The number of hydrogen-bond acceptors (Lipinski definition) is 3. The van der Waals surface area contributed by atoms with Crippen molar-refractivity contribution in [2.24, 2.45) is 11.3 Å². The largest absolute Gasteiger partial charge is 0.389 e. The maximum Gasteiger partial charge on any atom is 0.0765 e. The van der Waals surface area contributed by atoms with E-state index in [0.29, 0.717) is 36.9 Å². The number of aliphatic hydroxyl groups is 1. The van der Waals surface area contributed by atoms with Gasteiger partial charge in [-0.2, -0.15) is 0 Å². The first-order valence-corrected chi connectivity index (χ1v) is 6.70. The standard InChI is InChI=1S/C14H29NO2/c1-11-8-13(2,3)9-12(11)15-10-14(4,16)6-7-17-5/h11-12,15-16H,6-10H2,1-5H3. The summed E-state index contributed by atoms with van der Waals surface area (Å²) in [5, 5.41) is 13.7. The number of hydrogen-bond donors (Lipinski definition) is 2. The van der Waals surface area contributed by atoms with Crippen LogP contribution in [-0.4, -0.2) is 37.0 Å². The van der Waals surface area contributed by atoms with E-state index in [4.69, 9.17) is 4.74 Å². The Hall–Kier alpha value is -0.120. The summed E-state index contributed by atoms with van der Waals surface area (Å²) in [6.07, 6.45) is 3.15. The van der Waals surface area contributed by atoms with Gasteiger partial charge in [-0.25, -0.2) is 0 Å². The first-order chi connectivity index (χ1) is 7.76. The smallest absolute Gasteiger partial charge is 0.0765 e. The molecule has 0 aliphatic heterocycles. The Morgan fingerprint density at radius 3 is 2.53 bits per heavy atom. The first-order valence-electron chi connectivity index (χ1n) is 6.70. The summed E-state index contributed by atoms with van der Waals surface area (Å²) in [7, 11) is 1.67. The van der Waals surface area contributed by atoms with Gasteiger partial charge < -0.3 is 15.2 Å². The Kier molecular flexibility index (Phi) is 4.99. The van der Waals surface area contributed by atoms with Crippen LogP contribution in [0.5, 0.6) is 0 Å². The normalized spacial score (nSPS) is 31.4. The lowest BCUT2D eigenvalue weighted by molar-refractivity contribution is 0.0218. The molecule has 0 spiro atoms. The van der Waals surface area contributed by atoms with Crippen molar-refractivity contribution < 1.29 is 9.84 Å². The summed E-state index contributed by atoms with van der Waals surface area (Å²) < 4.78 is 5.02. The molecular weight excluding hydrogens is 214 g/mol. The lowest BCUT2D eigenvalue weighted by Crippen LogP contribution is -2.44. The SMILES string of the molecule is COCCC(C)(O)CNC1CC(C)(C)CC1C. The van der Waals surface area contributed by atoms with Crippen molar-refractivity contribution in [1.29, 1.82) is 0 Å². The van der Waals surface area contributed by atoms with E-state index in [1.807, 2.05) is 6.92 Å². The highest BCUT2D eigenvalue weighted by molar-refractivity contribution is 4.92. The van der Waals surface area contributed by atoms with Gasteiger partial charge in [0.15, 0.2) is 0 Å². The zero-order chi connectivity index (χ0) is 13.1. The van der Waals surface area contributed by atoms with Gasteiger partial charge in [0.25, 0.3) is 0 Å². The van der Waals surface area contributed by atoms with Crippen molar-refractivity contribution in [3.05, 3.63) is 0 Å². The molecule has 17 heavy (non-hydrogen) atoms. The van der Waals surface area contributed by atoms with Gasteiger partial charge in [-0.1, -0.05) is 20.8 Å². The van der Waals surface area contributed by atoms with Crippen LogP contribution in [0.2, 0.25) is 0 Å². The number of rotatable bonds is 6. The quantitative estimate of drug-likeness (QED) is 0.751. The van der Waals surface area contributed by atoms with Gasteiger partial charge in [-0.3, -0.25) is 0 Å². The minimum Gasteiger partial charge on any atom is -0.389 e. The molecule has 3 heteroatoms. The van der Waals surface area contributed by atoms with E-state index in [1.165, 1.54) is 12.8 Å². The molecular formula is C14H29NO2. The van der Waals surface area contributed by atoms with Crippen molar-refractivity contribution in [3.8, 4) is 0 Å². The summed E-state index contributed by atoms with van der Waals surface area (Å²) >= 11 is 0. The average Bonchev–Trinajstić information content (AvgIpc) is 2.46. The van der Waals surface area contributed by atoms with E-state index in [-0.39, 0.29) is 0 Å². The highest BCUT2D eigenvalue weighted by atomic mass is 16.5. The van der Waals surface area contributed by atoms with Crippen LogP contribution in [0, 0.1) is 11.3 Å². The van der Waals surface area contributed by atoms with Crippen molar-refractivity contribution in [3.63, 3.8) is 0 Å². The molecule has 0 aromatic heterocycles. The maximum atomic E-state index is 10.2. The van der Waals surface area contributed by atoms with Crippen molar-refractivity contribution in [2.45, 2.75) is 58.6 Å². The lowest BCUT2D eigenvalue weighted by Gasteiger charge is -2.27. The van der Waals surface area contributed by atoms with Crippen molar-refractivity contribution in [2.75, 3.05) is 20.3 Å². The fourth-order valence-electron chi connectivity index (χ4n) is 2.93. The van der Waals surface area contributed by atoms with Crippen LogP contribution < -0.4 is 5.32 Å². The van der Waals surface area contributed by atoms with Gasteiger partial charge >= 0.3 is 0 Å². The average molecular weight is 243 g/mol. The van der Waals surface area contributed by atoms with E-state index in [2.05, 4.69) is 26.1 Å². The van der Waals surface area contributed by atoms with E-state index >= 15 is 0 Å². The van der Waals surface area contributed by atoms with Crippen molar-refractivity contribution in [1.82, 2.24) is 5.32 Å². The summed E-state index contributed by atoms with van der Waals surface area (Å²) in [5.41, 5.74) is -0.224. The van der Waals surface area contributed by atoms with Gasteiger partial charge in [-0.15, -0.1) is 0 Å². The third kappa shape index (κ3) is 4.94. The molecule has 0 aromatic rings. The van der Waals surface area contributed by atoms with Gasteiger partial charge in [0.05, 0.1) is 5.60 Å². The van der Waals surface area contributed by atoms with Crippen LogP contribution in [0.1, 0.15) is 47.0 Å². The fraction of sp³-hybridized carbons (Fsp3) is 1.00. The third-order valence-electron chi connectivity index (χ3n) is 3.92. The monoisotopic (exact) mass is 243 g/mol. The van der Waals surface area contributed by atoms with Crippen LogP contribution >= 0.6 is 0 Å². The van der Waals surface area contributed by atoms with Gasteiger partial charge in [-0.05, 0) is 31.1 Å². The van der Waals surface area contributed by atoms with Crippen LogP contribution in [-0.2, 0) is 4.74 Å². The zero-order valence-corrected chi connectivity index (χ0v) is 12.0. The predicted molar refractivity (Wildman–Crippen MR) is 71.1 cm³/mol. The summed E-state index contributed by atoms with van der Waals surface area (Å²) in [6, 6.07) is 0.541.